The maximum atomic E-state index is 2.41. The van der Waals surface area contributed by atoms with Crippen LogP contribution in [0.3, 0.4) is 0 Å². The molecule has 0 amide bonds. The fraction of sp³-hybridized carbons (Fsp3) is 1.00. The summed E-state index contributed by atoms with van der Waals surface area (Å²) in [6.45, 7) is 9.48. The van der Waals surface area contributed by atoms with Crippen LogP contribution in [0.25, 0.3) is 0 Å². The van der Waals surface area contributed by atoms with Crippen LogP contribution in [0, 0.1) is 5.92 Å². The Hall–Kier alpha value is 0.217. The van der Waals surface area contributed by atoms with E-state index in [-0.39, 0.29) is 0 Å². The van der Waals surface area contributed by atoms with Crippen molar-refractivity contribution in [2.75, 3.05) is 0 Å². The Morgan fingerprint density at radius 1 is 1.27 bits per heavy atom. The van der Waals surface area contributed by atoms with Crippen molar-refractivity contribution in [2.24, 2.45) is 5.92 Å². The Labute approximate surface area is 75.2 Å². The Morgan fingerprint density at radius 3 is 2.18 bits per heavy atom. The van der Waals surface area contributed by atoms with Crippen molar-refractivity contribution in [3.8, 4) is 0 Å². The van der Waals surface area contributed by atoms with Crippen molar-refractivity contribution in [1.29, 1.82) is 0 Å². The lowest BCUT2D eigenvalue weighted by molar-refractivity contribution is 0.395. The molecular formula is C10H24Si. The number of hydrogen-bond acceptors (Lipinski definition) is 0. The molecular weight excluding hydrogens is 148 g/mol. The first-order chi connectivity index (χ1) is 4.98. The van der Waals surface area contributed by atoms with Gasteiger partial charge in [-0.2, -0.15) is 0 Å². The Balaban J connectivity index is 3.44. The molecule has 0 fully saturated rings. The maximum absolute atomic E-state index is 2.41. The van der Waals surface area contributed by atoms with Gasteiger partial charge in [-0.15, -0.1) is 0 Å². The van der Waals surface area contributed by atoms with Crippen LogP contribution in [0.4, 0.5) is 0 Å². The quantitative estimate of drug-likeness (QED) is 0.442. The summed E-state index contributed by atoms with van der Waals surface area (Å²) in [6, 6.07) is 0. The van der Waals surface area contributed by atoms with Gasteiger partial charge in [0, 0.05) is 10.2 Å². The second kappa shape index (κ2) is 4.97. The minimum atomic E-state index is 0.647. The summed E-state index contributed by atoms with van der Waals surface area (Å²) in [7, 11) is 1.33. The highest BCUT2D eigenvalue weighted by Crippen LogP contribution is 2.33. The van der Waals surface area contributed by atoms with Gasteiger partial charge in [0.25, 0.3) is 0 Å². The molecule has 0 bridgehead atoms. The van der Waals surface area contributed by atoms with Crippen molar-refractivity contribution in [3.63, 3.8) is 0 Å². The summed E-state index contributed by atoms with van der Waals surface area (Å²) in [4.78, 5) is 0. The summed E-state index contributed by atoms with van der Waals surface area (Å²) in [5, 5.41) is 0.647. The van der Waals surface area contributed by atoms with Crippen LogP contribution in [0.2, 0.25) is 5.04 Å². The second-order valence-corrected chi connectivity index (χ2v) is 7.34. The van der Waals surface area contributed by atoms with E-state index >= 15 is 0 Å². The van der Waals surface area contributed by atoms with Crippen LogP contribution in [0.5, 0.6) is 0 Å². The third-order valence-electron chi connectivity index (χ3n) is 2.72. The molecule has 11 heavy (non-hydrogen) atoms. The predicted octanol–water partition coefficient (Wildman–Crippen LogP) is 2.77. The standard InChI is InChI=1S/C10H24Si/c1-5-6-7-8-9(2)10(3,4)11/h9H,5-8H2,1-4,11H3. The largest absolute Gasteiger partial charge is 0.0654 e. The average Bonchev–Trinajstić information content (AvgIpc) is 1.86. The molecule has 0 nitrogen and oxygen atoms in total. The van der Waals surface area contributed by atoms with Crippen LogP contribution in [0.1, 0.15) is 53.4 Å². The number of hydrogen-bond donors (Lipinski definition) is 0. The third kappa shape index (κ3) is 5.48. The molecule has 0 aliphatic rings. The first-order valence-corrected chi connectivity index (χ1v) is 5.98. The lowest BCUT2D eigenvalue weighted by atomic mass is 9.91. The van der Waals surface area contributed by atoms with Gasteiger partial charge in [-0.05, 0) is 11.0 Å². The number of rotatable bonds is 5. The van der Waals surface area contributed by atoms with Gasteiger partial charge in [0.15, 0.2) is 0 Å². The van der Waals surface area contributed by atoms with Gasteiger partial charge in [0.1, 0.15) is 0 Å². The van der Waals surface area contributed by atoms with Crippen LogP contribution < -0.4 is 0 Å². The molecule has 0 heterocycles. The molecule has 1 unspecified atom stereocenters. The zero-order valence-electron chi connectivity index (χ0n) is 8.91. The molecule has 0 N–H and O–H groups in total. The highest BCUT2D eigenvalue weighted by molar-refractivity contribution is 6.14. The third-order valence-corrected chi connectivity index (χ3v) is 3.70. The van der Waals surface area contributed by atoms with Gasteiger partial charge >= 0.3 is 0 Å². The van der Waals surface area contributed by atoms with Crippen molar-refractivity contribution >= 4 is 10.2 Å². The summed E-state index contributed by atoms with van der Waals surface area (Å²) < 4.78 is 0. The van der Waals surface area contributed by atoms with Gasteiger partial charge in [0.05, 0.1) is 0 Å². The topological polar surface area (TPSA) is 0 Å². The van der Waals surface area contributed by atoms with E-state index < -0.39 is 0 Å². The van der Waals surface area contributed by atoms with Crippen LogP contribution in [0.15, 0.2) is 0 Å². The Bertz CT molecular complexity index is 91.5. The van der Waals surface area contributed by atoms with Crippen molar-refractivity contribution in [2.45, 2.75) is 58.4 Å². The molecule has 0 aromatic rings. The van der Waals surface area contributed by atoms with Crippen molar-refractivity contribution in [1.82, 2.24) is 0 Å². The average molecular weight is 172 g/mol. The molecule has 0 radical (unpaired) electrons. The fourth-order valence-electron chi connectivity index (χ4n) is 1.13. The minimum absolute atomic E-state index is 0.647. The molecule has 0 aliphatic carbocycles. The lowest BCUT2D eigenvalue weighted by Gasteiger charge is -2.27. The highest BCUT2D eigenvalue weighted by Gasteiger charge is 2.18. The fourth-order valence-corrected chi connectivity index (χ4v) is 1.42. The SMILES string of the molecule is CCCCCC(C)C(C)(C)[SiH3]. The summed E-state index contributed by atoms with van der Waals surface area (Å²) in [6.07, 6.45) is 5.64. The van der Waals surface area contributed by atoms with Gasteiger partial charge < -0.3 is 0 Å². The predicted molar refractivity (Wildman–Crippen MR) is 57.3 cm³/mol. The first kappa shape index (κ1) is 11.2. The molecule has 68 valence electrons. The minimum Gasteiger partial charge on any atom is -0.0654 e. The molecule has 0 aromatic heterocycles. The zero-order valence-corrected chi connectivity index (χ0v) is 10.9. The van der Waals surface area contributed by atoms with E-state index in [0.717, 1.165) is 5.92 Å². The van der Waals surface area contributed by atoms with Crippen LogP contribution >= 0.6 is 0 Å². The van der Waals surface area contributed by atoms with Gasteiger partial charge in [-0.25, -0.2) is 0 Å². The zero-order chi connectivity index (χ0) is 8.91. The molecule has 0 saturated heterocycles. The van der Waals surface area contributed by atoms with Crippen LogP contribution in [-0.4, -0.2) is 10.2 Å². The van der Waals surface area contributed by atoms with E-state index in [1.54, 1.807) is 0 Å². The molecule has 0 saturated carbocycles. The van der Waals surface area contributed by atoms with Crippen molar-refractivity contribution < 1.29 is 0 Å². The molecule has 1 heteroatoms. The smallest absolute Gasteiger partial charge is 0.0103 e. The van der Waals surface area contributed by atoms with E-state index in [4.69, 9.17) is 0 Å². The van der Waals surface area contributed by atoms with Gasteiger partial charge in [0.2, 0.25) is 0 Å². The summed E-state index contributed by atoms with van der Waals surface area (Å²) in [5.74, 6) is 0.931. The highest BCUT2D eigenvalue weighted by atomic mass is 28.1. The van der Waals surface area contributed by atoms with E-state index in [2.05, 4.69) is 27.7 Å². The maximum Gasteiger partial charge on any atom is 0.0103 e. The molecule has 0 spiro atoms. The first-order valence-electron chi connectivity index (χ1n) is 4.98. The summed E-state index contributed by atoms with van der Waals surface area (Å²) >= 11 is 0. The molecule has 0 rings (SSSR count). The second-order valence-electron chi connectivity index (χ2n) is 4.76. The monoisotopic (exact) mass is 172 g/mol. The van der Waals surface area contributed by atoms with Gasteiger partial charge in [-0.3, -0.25) is 0 Å². The molecule has 1 atom stereocenters. The van der Waals surface area contributed by atoms with E-state index in [0.29, 0.717) is 5.04 Å². The van der Waals surface area contributed by atoms with E-state index in [1.165, 1.54) is 35.9 Å². The number of unbranched alkanes of at least 4 members (excludes halogenated alkanes) is 2. The van der Waals surface area contributed by atoms with E-state index in [9.17, 15) is 0 Å². The summed E-state index contributed by atoms with van der Waals surface area (Å²) in [5.41, 5.74) is 0. The van der Waals surface area contributed by atoms with Crippen molar-refractivity contribution in [3.05, 3.63) is 0 Å². The lowest BCUT2D eigenvalue weighted by Crippen LogP contribution is -2.13. The molecule has 0 aromatic carbocycles. The molecule has 0 aliphatic heterocycles. The van der Waals surface area contributed by atoms with Gasteiger partial charge in [-0.1, -0.05) is 53.4 Å². The van der Waals surface area contributed by atoms with E-state index in [1.807, 2.05) is 0 Å². The Kier molecular flexibility index (Phi) is 5.07. The Morgan fingerprint density at radius 2 is 1.82 bits per heavy atom. The normalized spacial score (nSPS) is 15.3. The van der Waals surface area contributed by atoms with Crippen LogP contribution in [-0.2, 0) is 0 Å².